The summed E-state index contributed by atoms with van der Waals surface area (Å²) in [5.41, 5.74) is 0.990. The molecule has 0 aromatic rings. The Hall–Kier alpha value is -0.290. The molecule has 0 radical (unpaired) electrons. The summed E-state index contributed by atoms with van der Waals surface area (Å²) in [6.45, 7) is 20.8. The zero-order valence-corrected chi connectivity index (χ0v) is 16.5. The Morgan fingerprint density at radius 2 is 1.00 bits per heavy atom. The smallest absolute Gasteiger partial charge is 0.403 e. The first-order valence-corrected chi connectivity index (χ1v) is 8.56. The standard InChI is InChI=1S/C17H32B2O4/c1-12(2)13(19-22-16(7,8)17(9,10)23-19)11-18-20-14(3,4)15(5,6)21-18/h11H2,1-10H3. The van der Waals surface area contributed by atoms with Crippen molar-refractivity contribution in [1.29, 1.82) is 0 Å². The Morgan fingerprint density at radius 1 is 0.652 bits per heavy atom. The molecule has 2 saturated heterocycles. The molecule has 130 valence electrons. The average molecular weight is 322 g/mol. The third-order valence-electron chi connectivity index (χ3n) is 5.87. The maximum atomic E-state index is 6.21. The Labute approximate surface area is 142 Å². The summed E-state index contributed by atoms with van der Waals surface area (Å²) in [5.74, 6) is 0. The van der Waals surface area contributed by atoms with Gasteiger partial charge in [0.2, 0.25) is 0 Å². The van der Waals surface area contributed by atoms with Crippen LogP contribution >= 0.6 is 0 Å². The molecule has 0 saturated carbocycles. The molecule has 6 heteroatoms. The Kier molecular flexibility index (Phi) is 4.65. The van der Waals surface area contributed by atoms with Gasteiger partial charge in [0.25, 0.3) is 0 Å². The maximum absolute atomic E-state index is 6.21. The fraction of sp³-hybridized carbons (Fsp3) is 0.882. The summed E-state index contributed by atoms with van der Waals surface area (Å²) in [6, 6.07) is 0. The van der Waals surface area contributed by atoms with Crippen LogP contribution in [0.2, 0.25) is 6.32 Å². The highest BCUT2D eigenvalue weighted by atomic mass is 16.7. The Morgan fingerprint density at radius 3 is 1.35 bits per heavy atom. The second kappa shape index (κ2) is 5.62. The molecular weight excluding hydrogens is 290 g/mol. The predicted octanol–water partition coefficient (Wildman–Crippen LogP) is 4.05. The summed E-state index contributed by atoms with van der Waals surface area (Å²) in [7, 11) is -0.618. The summed E-state index contributed by atoms with van der Waals surface area (Å²) in [4.78, 5) is 0. The van der Waals surface area contributed by atoms with E-state index in [1.807, 2.05) is 0 Å². The summed E-state index contributed by atoms with van der Waals surface area (Å²) in [6.07, 6.45) is 0.659. The molecule has 0 aromatic heterocycles. The summed E-state index contributed by atoms with van der Waals surface area (Å²) >= 11 is 0. The molecule has 2 fully saturated rings. The molecule has 0 atom stereocenters. The molecule has 0 spiro atoms. The second-order valence-corrected chi connectivity index (χ2v) is 9.00. The van der Waals surface area contributed by atoms with Crippen molar-refractivity contribution in [3.63, 3.8) is 0 Å². The third kappa shape index (κ3) is 3.41. The minimum atomic E-state index is -0.343. The van der Waals surface area contributed by atoms with E-state index in [0.29, 0.717) is 6.32 Å². The highest BCUT2D eigenvalue weighted by Crippen LogP contribution is 2.42. The molecule has 4 nitrogen and oxygen atoms in total. The van der Waals surface area contributed by atoms with E-state index in [4.69, 9.17) is 18.6 Å². The highest BCUT2D eigenvalue weighted by molar-refractivity contribution is 6.59. The Bertz CT molecular complexity index is 473. The van der Waals surface area contributed by atoms with Crippen molar-refractivity contribution in [1.82, 2.24) is 0 Å². The van der Waals surface area contributed by atoms with E-state index in [9.17, 15) is 0 Å². The normalized spacial score (nSPS) is 27.4. The fourth-order valence-electron chi connectivity index (χ4n) is 2.75. The van der Waals surface area contributed by atoms with Crippen LogP contribution in [0, 0.1) is 0 Å². The molecule has 0 N–H and O–H groups in total. The van der Waals surface area contributed by atoms with Crippen LogP contribution < -0.4 is 0 Å². The quantitative estimate of drug-likeness (QED) is 0.735. The number of hydrogen-bond donors (Lipinski definition) is 0. The first-order valence-electron chi connectivity index (χ1n) is 8.56. The molecule has 0 amide bonds. The predicted molar refractivity (Wildman–Crippen MR) is 95.3 cm³/mol. The van der Waals surface area contributed by atoms with E-state index < -0.39 is 0 Å². The van der Waals surface area contributed by atoms with E-state index in [0.717, 1.165) is 5.47 Å². The SMILES string of the molecule is CC(C)=C(CB1OC(C)(C)C(C)(C)O1)B1OC(C)(C)C(C)(C)O1. The van der Waals surface area contributed by atoms with Gasteiger partial charge in [-0.25, -0.2) is 0 Å². The van der Waals surface area contributed by atoms with Crippen LogP contribution in [0.1, 0.15) is 69.2 Å². The van der Waals surface area contributed by atoms with Crippen LogP contribution in [0.5, 0.6) is 0 Å². The van der Waals surface area contributed by atoms with Gasteiger partial charge >= 0.3 is 14.2 Å². The molecule has 23 heavy (non-hydrogen) atoms. The zero-order valence-electron chi connectivity index (χ0n) is 16.5. The second-order valence-electron chi connectivity index (χ2n) is 9.00. The maximum Gasteiger partial charge on any atom is 0.489 e. The van der Waals surface area contributed by atoms with Gasteiger partial charge in [-0.15, -0.1) is 0 Å². The summed E-state index contributed by atoms with van der Waals surface area (Å²) in [5, 5.41) is 0. The van der Waals surface area contributed by atoms with Crippen molar-refractivity contribution in [2.45, 2.75) is 98.0 Å². The van der Waals surface area contributed by atoms with E-state index in [1.54, 1.807) is 0 Å². The van der Waals surface area contributed by atoms with Crippen molar-refractivity contribution in [3.8, 4) is 0 Å². The van der Waals surface area contributed by atoms with Crippen molar-refractivity contribution in [3.05, 3.63) is 11.0 Å². The van der Waals surface area contributed by atoms with E-state index in [1.165, 1.54) is 5.57 Å². The van der Waals surface area contributed by atoms with Crippen molar-refractivity contribution < 1.29 is 18.6 Å². The average Bonchev–Trinajstić information content (AvgIpc) is 2.65. The lowest BCUT2D eigenvalue weighted by Gasteiger charge is -2.32. The lowest BCUT2D eigenvalue weighted by Crippen LogP contribution is -2.41. The van der Waals surface area contributed by atoms with Gasteiger partial charge in [0, 0.05) is 6.32 Å². The van der Waals surface area contributed by atoms with Crippen LogP contribution in [0.25, 0.3) is 0 Å². The topological polar surface area (TPSA) is 36.9 Å². The van der Waals surface area contributed by atoms with Crippen LogP contribution in [-0.4, -0.2) is 36.6 Å². The van der Waals surface area contributed by atoms with Crippen molar-refractivity contribution in [2.24, 2.45) is 0 Å². The van der Waals surface area contributed by atoms with Gasteiger partial charge in [-0.1, -0.05) is 5.57 Å². The van der Waals surface area contributed by atoms with Crippen LogP contribution in [0.3, 0.4) is 0 Å². The van der Waals surface area contributed by atoms with E-state index in [-0.39, 0.29) is 36.6 Å². The van der Waals surface area contributed by atoms with Crippen LogP contribution in [-0.2, 0) is 18.6 Å². The molecule has 0 unspecified atom stereocenters. The van der Waals surface area contributed by atoms with Gasteiger partial charge < -0.3 is 18.6 Å². The lowest BCUT2D eigenvalue weighted by atomic mass is 9.64. The van der Waals surface area contributed by atoms with Crippen molar-refractivity contribution >= 4 is 14.2 Å². The lowest BCUT2D eigenvalue weighted by molar-refractivity contribution is 0.00578. The van der Waals surface area contributed by atoms with Gasteiger partial charge in [0.05, 0.1) is 22.4 Å². The highest BCUT2D eigenvalue weighted by Gasteiger charge is 2.55. The number of allylic oxidation sites excluding steroid dienone is 2. The number of rotatable bonds is 3. The molecule has 2 aliphatic rings. The monoisotopic (exact) mass is 322 g/mol. The van der Waals surface area contributed by atoms with E-state index >= 15 is 0 Å². The molecule has 0 aliphatic carbocycles. The summed E-state index contributed by atoms with van der Waals surface area (Å²) < 4.78 is 24.7. The minimum absolute atomic E-state index is 0.274. The van der Waals surface area contributed by atoms with Gasteiger partial charge in [-0.2, -0.15) is 0 Å². The zero-order chi connectivity index (χ0) is 17.8. The van der Waals surface area contributed by atoms with Crippen LogP contribution in [0.4, 0.5) is 0 Å². The van der Waals surface area contributed by atoms with E-state index in [2.05, 4.69) is 69.2 Å². The minimum Gasteiger partial charge on any atom is -0.403 e. The number of hydrogen-bond acceptors (Lipinski definition) is 4. The fourth-order valence-corrected chi connectivity index (χ4v) is 2.75. The largest absolute Gasteiger partial charge is 0.489 e. The van der Waals surface area contributed by atoms with Gasteiger partial charge in [-0.05, 0) is 74.7 Å². The van der Waals surface area contributed by atoms with Gasteiger partial charge in [0.1, 0.15) is 0 Å². The first-order chi connectivity index (χ1) is 10.2. The Balaban J connectivity index is 2.16. The molecule has 2 aliphatic heterocycles. The van der Waals surface area contributed by atoms with Gasteiger partial charge in [0.15, 0.2) is 0 Å². The molecule has 2 heterocycles. The van der Waals surface area contributed by atoms with Crippen molar-refractivity contribution in [2.75, 3.05) is 0 Å². The molecular formula is C17H32B2O4. The first kappa shape index (κ1) is 19.0. The molecule has 0 aromatic carbocycles. The molecule has 2 rings (SSSR count). The third-order valence-corrected chi connectivity index (χ3v) is 5.87. The molecule has 0 bridgehead atoms. The van der Waals surface area contributed by atoms with Gasteiger partial charge in [-0.3, -0.25) is 0 Å². The van der Waals surface area contributed by atoms with Crippen LogP contribution in [0.15, 0.2) is 11.0 Å².